The third kappa shape index (κ3) is 3.14. The van der Waals surface area contributed by atoms with Crippen LogP contribution in [0.1, 0.15) is 29.9 Å². The number of anilines is 1. The van der Waals surface area contributed by atoms with Gasteiger partial charge in [0.1, 0.15) is 5.15 Å². The minimum absolute atomic E-state index is 0.0205. The van der Waals surface area contributed by atoms with E-state index in [1.54, 1.807) is 18.5 Å². The van der Waals surface area contributed by atoms with Crippen molar-refractivity contribution in [3.05, 3.63) is 45.7 Å². The van der Waals surface area contributed by atoms with E-state index in [-0.39, 0.29) is 6.04 Å². The molecule has 1 atom stereocenters. The van der Waals surface area contributed by atoms with E-state index in [0.29, 0.717) is 10.3 Å². The SMILES string of the molecule is Cc1cc(Cl)nc(Cl)c1NC(C)c1nccnc1C. The number of nitrogens with zero attached hydrogens (tertiary/aromatic N) is 3. The number of pyridine rings is 1. The van der Waals surface area contributed by atoms with Gasteiger partial charge in [-0.1, -0.05) is 23.2 Å². The second-order valence-electron chi connectivity index (χ2n) is 4.32. The Kier molecular flexibility index (Phi) is 4.22. The molecule has 1 N–H and O–H groups in total. The fourth-order valence-corrected chi connectivity index (χ4v) is 2.48. The Morgan fingerprint density at radius 2 is 1.84 bits per heavy atom. The highest BCUT2D eigenvalue weighted by molar-refractivity contribution is 6.34. The molecular formula is C13H14Cl2N4. The van der Waals surface area contributed by atoms with Crippen molar-refractivity contribution in [1.29, 1.82) is 0 Å². The fraction of sp³-hybridized carbons (Fsp3) is 0.308. The van der Waals surface area contributed by atoms with Gasteiger partial charge in [-0.15, -0.1) is 0 Å². The summed E-state index contributed by atoms with van der Waals surface area (Å²) in [5.74, 6) is 0. The summed E-state index contributed by atoms with van der Waals surface area (Å²) in [6.45, 7) is 5.86. The number of aryl methyl sites for hydroxylation is 2. The van der Waals surface area contributed by atoms with Gasteiger partial charge in [-0.05, 0) is 32.4 Å². The van der Waals surface area contributed by atoms with Gasteiger partial charge in [0, 0.05) is 12.4 Å². The predicted octanol–water partition coefficient (Wildman–Crippen LogP) is 3.97. The normalized spacial score (nSPS) is 12.3. The van der Waals surface area contributed by atoms with E-state index in [0.717, 1.165) is 22.6 Å². The molecule has 0 spiro atoms. The minimum atomic E-state index is -0.0205. The molecule has 0 amide bonds. The van der Waals surface area contributed by atoms with E-state index in [2.05, 4.69) is 20.3 Å². The Hall–Kier alpha value is -1.39. The zero-order chi connectivity index (χ0) is 14.0. The van der Waals surface area contributed by atoms with Gasteiger partial charge in [-0.3, -0.25) is 9.97 Å². The smallest absolute Gasteiger partial charge is 0.154 e. The number of nitrogens with one attached hydrogen (secondary N) is 1. The van der Waals surface area contributed by atoms with Crippen molar-refractivity contribution in [1.82, 2.24) is 15.0 Å². The average molecular weight is 297 g/mol. The van der Waals surface area contributed by atoms with Crippen molar-refractivity contribution in [2.24, 2.45) is 0 Å². The van der Waals surface area contributed by atoms with E-state index in [9.17, 15) is 0 Å². The summed E-state index contributed by atoms with van der Waals surface area (Å²) in [6, 6.07) is 1.75. The molecule has 100 valence electrons. The van der Waals surface area contributed by atoms with Crippen LogP contribution in [-0.2, 0) is 0 Å². The number of halogens is 2. The summed E-state index contributed by atoms with van der Waals surface area (Å²) in [6.07, 6.45) is 3.35. The Bertz CT molecular complexity index is 578. The van der Waals surface area contributed by atoms with Crippen LogP contribution in [-0.4, -0.2) is 15.0 Å². The number of hydrogen-bond donors (Lipinski definition) is 1. The zero-order valence-corrected chi connectivity index (χ0v) is 12.4. The molecule has 0 saturated carbocycles. The minimum Gasteiger partial charge on any atom is -0.374 e. The second-order valence-corrected chi connectivity index (χ2v) is 5.07. The Morgan fingerprint density at radius 1 is 1.16 bits per heavy atom. The van der Waals surface area contributed by atoms with Crippen LogP contribution in [0, 0.1) is 13.8 Å². The van der Waals surface area contributed by atoms with Crippen molar-refractivity contribution in [2.45, 2.75) is 26.8 Å². The second kappa shape index (κ2) is 5.72. The van der Waals surface area contributed by atoms with Crippen LogP contribution in [0.25, 0.3) is 0 Å². The summed E-state index contributed by atoms with van der Waals surface area (Å²) in [5, 5.41) is 4.05. The quantitative estimate of drug-likeness (QED) is 0.871. The summed E-state index contributed by atoms with van der Waals surface area (Å²) in [7, 11) is 0. The van der Waals surface area contributed by atoms with Crippen LogP contribution in [0.2, 0.25) is 10.3 Å². The van der Waals surface area contributed by atoms with Crippen LogP contribution in [0.4, 0.5) is 5.69 Å². The van der Waals surface area contributed by atoms with Crippen LogP contribution in [0.15, 0.2) is 18.5 Å². The van der Waals surface area contributed by atoms with Crippen molar-refractivity contribution in [3.63, 3.8) is 0 Å². The summed E-state index contributed by atoms with van der Waals surface area (Å²) in [5.41, 5.74) is 3.48. The molecule has 2 rings (SSSR count). The van der Waals surface area contributed by atoms with Crippen LogP contribution in [0.5, 0.6) is 0 Å². The van der Waals surface area contributed by atoms with Crippen molar-refractivity contribution in [3.8, 4) is 0 Å². The van der Waals surface area contributed by atoms with Gasteiger partial charge in [0.05, 0.1) is 23.1 Å². The first-order valence-corrected chi connectivity index (χ1v) is 6.61. The third-order valence-corrected chi connectivity index (χ3v) is 3.30. The lowest BCUT2D eigenvalue weighted by atomic mass is 10.1. The van der Waals surface area contributed by atoms with E-state index < -0.39 is 0 Å². The van der Waals surface area contributed by atoms with Crippen LogP contribution >= 0.6 is 23.2 Å². The Labute approximate surface area is 122 Å². The molecule has 0 aromatic carbocycles. The maximum atomic E-state index is 6.11. The molecule has 0 bridgehead atoms. The van der Waals surface area contributed by atoms with E-state index in [4.69, 9.17) is 23.2 Å². The zero-order valence-electron chi connectivity index (χ0n) is 10.9. The summed E-state index contributed by atoms with van der Waals surface area (Å²) >= 11 is 12.0. The van der Waals surface area contributed by atoms with Crippen molar-refractivity contribution < 1.29 is 0 Å². The van der Waals surface area contributed by atoms with E-state index in [1.165, 1.54) is 0 Å². The molecule has 2 aromatic rings. The molecule has 0 saturated heterocycles. The standard InChI is InChI=1S/C13H14Cl2N4/c1-7-6-10(14)19-13(15)11(7)18-9(3)12-8(2)16-4-5-17-12/h4-6,9,18H,1-3H3. The molecular weight excluding hydrogens is 283 g/mol. The molecule has 19 heavy (non-hydrogen) atoms. The van der Waals surface area contributed by atoms with E-state index >= 15 is 0 Å². The maximum absolute atomic E-state index is 6.11. The van der Waals surface area contributed by atoms with Gasteiger partial charge >= 0.3 is 0 Å². The molecule has 1 unspecified atom stereocenters. The molecule has 0 fully saturated rings. The van der Waals surface area contributed by atoms with Crippen LogP contribution < -0.4 is 5.32 Å². The van der Waals surface area contributed by atoms with Gasteiger partial charge in [-0.2, -0.15) is 0 Å². The van der Waals surface area contributed by atoms with Crippen LogP contribution in [0.3, 0.4) is 0 Å². The first-order valence-electron chi connectivity index (χ1n) is 5.85. The molecule has 0 aliphatic carbocycles. The molecule has 6 heteroatoms. The molecule has 0 radical (unpaired) electrons. The third-order valence-electron chi connectivity index (χ3n) is 2.83. The molecule has 0 aliphatic rings. The molecule has 2 aromatic heterocycles. The number of rotatable bonds is 3. The highest BCUT2D eigenvalue weighted by Gasteiger charge is 2.14. The highest BCUT2D eigenvalue weighted by atomic mass is 35.5. The molecule has 0 aliphatic heterocycles. The molecule has 2 heterocycles. The first-order chi connectivity index (χ1) is 8.99. The largest absolute Gasteiger partial charge is 0.374 e. The average Bonchev–Trinajstić information content (AvgIpc) is 2.34. The monoisotopic (exact) mass is 296 g/mol. The summed E-state index contributed by atoms with van der Waals surface area (Å²) in [4.78, 5) is 12.6. The van der Waals surface area contributed by atoms with Crippen molar-refractivity contribution >= 4 is 28.9 Å². The first kappa shape index (κ1) is 14.0. The number of aromatic nitrogens is 3. The Balaban J connectivity index is 2.29. The lowest BCUT2D eigenvalue weighted by Crippen LogP contribution is -2.12. The van der Waals surface area contributed by atoms with Crippen molar-refractivity contribution in [2.75, 3.05) is 5.32 Å². The van der Waals surface area contributed by atoms with Gasteiger partial charge in [0.15, 0.2) is 5.15 Å². The fourth-order valence-electron chi connectivity index (χ4n) is 1.90. The lowest BCUT2D eigenvalue weighted by Gasteiger charge is -2.18. The molecule has 4 nitrogen and oxygen atoms in total. The van der Waals surface area contributed by atoms with Gasteiger partial charge in [-0.25, -0.2) is 4.98 Å². The predicted molar refractivity (Wildman–Crippen MR) is 77.8 cm³/mol. The van der Waals surface area contributed by atoms with Gasteiger partial charge in [0.2, 0.25) is 0 Å². The van der Waals surface area contributed by atoms with E-state index in [1.807, 2.05) is 20.8 Å². The lowest BCUT2D eigenvalue weighted by molar-refractivity contribution is 0.808. The number of hydrogen-bond acceptors (Lipinski definition) is 4. The maximum Gasteiger partial charge on any atom is 0.154 e. The highest BCUT2D eigenvalue weighted by Crippen LogP contribution is 2.29. The Morgan fingerprint density at radius 3 is 2.47 bits per heavy atom. The van der Waals surface area contributed by atoms with Gasteiger partial charge in [0.25, 0.3) is 0 Å². The summed E-state index contributed by atoms with van der Waals surface area (Å²) < 4.78 is 0. The van der Waals surface area contributed by atoms with Gasteiger partial charge < -0.3 is 5.32 Å². The topological polar surface area (TPSA) is 50.7 Å².